The molecule has 11 heteroatoms. The van der Waals surface area contributed by atoms with Crippen LogP contribution in [0.3, 0.4) is 0 Å². The van der Waals surface area contributed by atoms with Gasteiger partial charge in [-0.05, 0) is 30.3 Å². The van der Waals surface area contributed by atoms with Crippen molar-refractivity contribution in [2.75, 3.05) is 11.3 Å². The van der Waals surface area contributed by atoms with E-state index in [1.807, 2.05) is 0 Å². The highest BCUT2D eigenvalue weighted by molar-refractivity contribution is 7.93. The van der Waals surface area contributed by atoms with Gasteiger partial charge >= 0.3 is 5.97 Å². The molecule has 0 bridgehead atoms. The lowest BCUT2D eigenvalue weighted by molar-refractivity contribution is 0.0692. The van der Waals surface area contributed by atoms with E-state index in [9.17, 15) is 13.2 Å². The number of aromatic nitrogens is 3. The monoisotopic (exact) mass is 330 g/mol. The van der Waals surface area contributed by atoms with E-state index >= 15 is 0 Å². The number of hydrogen-bond acceptors (Lipinski definition) is 8. The summed E-state index contributed by atoms with van der Waals surface area (Å²) < 4.78 is 34.9. The highest BCUT2D eigenvalue weighted by Gasteiger charge is 2.20. The highest BCUT2D eigenvalue weighted by Crippen LogP contribution is 2.24. The lowest BCUT2D eigenvalue weighted by atomic mass is 10.2. The van der Waals surface area contributed by atoms with Crippen LogP contribution in [0.15, 0.2) is 23.1 Å². The molecular weight excluding hydrogens is 320 g/mol. The van der Waals surface area contributed by atoms with E-state index in [1.165, 1.54) is 12.1 Å². The lowest BCUT2D eigenvalue weighted by Crippen LogP contribution is -2.14. The van der Waals surface area contributed by atoms with Crippen molar-refractivity contribution in [1.29, 1.82) is 0 Å². The van der Waals surface area contributed by atoms with Crippen molar-refractivity contribution >= 4 is 32.7 Å². The number of ether oxygens (including phenoxy) is 1. The second-order valence-electron chi connectivity index (χ2n) is 3.67. The number of hydrogen-bond donors (Lipinski definition) is 2. The number of anilines is 1. The Morgan fingerprint density at radius 3 is 2.81 bits per heavy atom. The first-order valence-electron chi connectivity index (χ1n) is 5.62. The predicted molar refractivity (Wildman–Crippen MR) is 73.1 cm³/mol. The van der Waals surface area contributed by atoms with Crippen molar-refractivity contribution in [3.05, 3.63) is 23.8 Å². The predicted octanol–water partition coefficient (Wildman–Crippen LogP) is 0.831. The van der Waals surface area contributed by atoms with Gasteiger partial charge in [-0.1, -0.05) is 9.59 Å². The molecule has 21 heavy (non-hydrogen) atoms. The summed E-state index contributed by atoms with van der Waals surface area (Å²) in [5.41, 5.74) is -0.241. The molecular formula is C10H10N4O5S2. The maximum absolute atomic E-state index is 12.1. The third-order valence-corrected chi connectivity index (χ3v) is 4.29. The average Bonchev–Trinajstić information content (AvgIpc) is 2.91. The fourth-order valence-electron chi connectivity index (χ4n) is 1.47. The largest absolute Gasteiger partial charge is 0.493 e. The van der Waals surface area contributed by atoms with Crippen molar-refractivity contribution in [3.63, 3.8) is 0 Å². The molecule has 0 aliphatic carbocycles. The Morgan fingerprint density at radius 1 is 1.48 bits per heavy atom. The molecule has 1 aromatic carbocycles. The molecule has 9 nitrogen and oxygen atoms in total. The van der Waals surface area contributed by atoms with E-state index in [0.29, 0.717) is 0 Å². The maximum Gasteiger partial charge on any atom is 0.339 e. The summed E-state index contributed by atoms with van der Waals surface area (Å²) in [7, 11) is -3.97. The molecule has 0 spiro atoms. The first-order valence-corrected chi connectivity index (χ1v) is 7.87. The van der Waals surface area contributed by atoms with E-state index in [1.54, 1.807) is 6.92 Å². The third kappa shape index (κ3) is 3.44. The molecule has 2 aromatic rings. The smallest absolute Gasteiger partial charge is 0.339 e. The average molecular weight is 330 g/mol. The van der Waals surface area contributed by atoms with Gasteiger partial charge in [-0.2, -0.15) is 0 Å². The van der Waals surface area contributed by atoms with Crippen LogP contribution < -0.4 is 9.46 Å². The van der Waals surface area contributed by atoms with Crippen LogP contribution in [-0.2, 0) is 10.0 Å². The van der Waals surface area contributed by atoms with Crippen molar-refractivity contribution in [1.82, 2.24) is 14.8 Å². The number of rotatable bonds is 6. The summed E-state index contributed by atoms with van der Waals surface area (Å²) in [5, 5.41) is 15.8. The molecule has 0 aliphatic rings. The summed E-state index contributed by atoms with van der Waals surface area (Å²) in [4.78, 5) is 10.9. The number of nitrogens with zero attached hydrogens (tertiary/aromatic N) is 3. The first kappa shape index (κ1) is 15.1. The molecule has 0 amide bonds. The summed E-state index contributed by atoms with van der Waals surface area (Å²) in [6, 6.07) is 3.55. The zero-order chi connectivity index (χ0) is 15.5. The molecule has 0 saturated heterocycles. The van der Waals surface area contributed by atoms with E-state index < -0.39 is 16.0 Å². The molecule has 1 heterocycles. The van der Waals surface area contributed by atoms with Crippen LogP contribution in [0.4, 0.5) is 5.13 Å². The Kier molecular flexibility index (Phi) is 4.33. The molecule has 0 saturated carbocycles. The van der Waals surface area contributed by atoms with Gasteiger partial charge in [-0.15, -0.1) is 0 Å². The molecule has 0 unspecified atom stereocenters. The van der Waals surface area contributed by atoms with Crippen LogP contribution in [0, 0.1) is 0 Å². The molecule has 0 fully saturated rings. The Bertz CT molecular complexity index is 745. The van der Waals surface area contributed by atoms with Crippen LogP contribution >= 0.6 is 11.5 Å². The fourth-order valence-corrected chi connectivity index (χ4v) is 3.08. The number of sulfonamides is 1. The standard InChI is InChI=1S/C10H10N4O5S2/c1-2-19-8-4-3-6(5-7(8)9(15)16)21(17,18)12-10-11-13-14-20-10/h3-5H,2H2,1H3,(H,15,16)(H,11,12,14). The lowest BCUT2D eigenvalue weighted by Gasteiger charge is -2.10. The number of carboxylic acid groups (broad SMARTS) is 1. The van der Waals surface area contributed by atoms with Crippen molar-refractivity contribution < 1.29 is 23.1 Å². The van der Waals surface area contributed by atoms with E-state index in [0.717, 1.165) is 17.6 Å². The van der Waals surface area contributed by atoms with E-state index in [-0.39, 0.29) is 27.9 Å². The van der Waals surface area contributed by atoms with Gasteiger partial charge in [0.25, 0.3) is 10.0 Å². The second-order valence-corrected chi connectivity index (χ2v) is 6.08. The maximum atomic E-state index is 12.1. The summed E-state index contributed by atoms with van der Waals surface area (Å²) in [6.45, 7) is 1.96. The Hall–Kier alpha value is -2.27. The number of benzene rings is 1. The van der Waals surface area contributed by atoms with Gasteiger partial charge in [-0.3, -0.25) is 4.72 Å². The zero-order valence-corrected chi connectivity index (χ0v) is 12.3. The zero-order valence-electron chi connectivity index (χ0n) is 10.7. The Morgan fingerprint density at radius 2 is 2.24 bits per heavy atom. The van der Waals surface area contributed by atoms with Crippen LogP contribution in [0.1, 0.15) is 17.3 Å². The van der Waals surface area contributed by atoms with Gasteiger partial charge in [0.15, 0.2) is 0 Å². The summed E-state index contributed by atoms with van der Waals surface area (Å²) in [6.07, 6.45) is 0. The second kappa shape index (κ2) is 6.01. The van der Waals surface area contributed by atoms with Gasteiger partial charge in [0.1, 0.15) is 11.3 Å². The van der Waals surface area contributed by atoms with Crippen LogP contribution in [-0.4, -0.2) is 40.9 Å². The molecule has 2 rings (SSSR count). The van der Waals surface area contributed by atoms with Gasteiger partial charge in [0, 0.05) is 11.5 Å². The quantitative estimate of drug-likeness (QED) is 0.796. The number of nitrogens with one attached hydrogen (secondary N) is 1. The molecule has 0 aliphatic heterocycles. The Labute approximate surface area is 123 Å². The minimum Gasteiger partial charge on any atom is -0.493 e. The molecule has 112 valence electrons. The van der Waals surface area contributed by atoms with Gasteiger partial charge in [-0.25, -0.2) is 13.2 Å². The highest BCUT2D eigenvalue weighted by atomic mass is 32.2. The minimum absolute atomic E-state index is 0.0132. The molecule has 2 N–H and O–H groups in total. The number of aromatic carboxylic acids is 1. The minimum atomic E-state index is -3.97. The fraction of sp³-hybridized carbons (Fsp3) is 0.200. The van der Waals surface area contributed by atoms with Crippen molar-refractivity contribution in [2.45, 2.75) is 11.8 Å². The number of carboxylic acids is 1. The van der Waals surface area contributed by atoms with Crippen LogP contribution in [0.5, 0.6) is 5.75 Å². The first-order chi connectivity index (χ1) is 9.94. The molecule has 0 radical (unpaired) electrons. The van der Waals surface area contributed by atoms with Gasteiger partial charge in [0.2, 0.25) is 5.13 Å². The van der Waals surface area contributed by atoms with Crippen molar-refractivity contribution in [2.24, 2.45) is 0 Å². The Balaban J connectivity index is 2.39. The van der Waals surface area contributed by atoms with Gasteiger partial charge < -0.3 is 9.84 Å². The topological polar surface area (TPSA) is 131 Å². The van der Waals surface area contributed by atoms with Crippen molar-refractivity contribution in [3.8, 4) is 5.75 Å². The number of carbonyl (C=O) groups is 1. The normalized spacial score (nSPS) is 11.1. The van der Waals surface area contributed by atoms with Crippen LogP contribution in [0.2, 0.25) is 0 Å². The molecule has 1 aromatic heterocycles. The summed E-state index contributed by atoms with van der Waals surface area (Å²) in [5.74, 6) is -1.19. The molecule has 0 atom stereocenters. The van der Waals surface area contributed by atoms with E-state index in [4.69, 9.17) is 9.84 Å². The van der Waals surface area contributed by atoms with Crippen LogP contribution in [0.25, 0.3) is 0 Å². The SMILES string of the molecule is CCOc1ccc(S(=O)(=O)Nc2nnns2)cc1C(=O)O. The summed E-state index contributed by atoms with van der Waals surface area (Å²) >= 11 is 0.763. The van der Waals surface area contributed by atoms with Gasteiger partial charge in [0.05, 0.1) is 11.5 Å². The van der Waals surface area contributed by atoms with E-state index in [2.05, 4.69) is 19.5 Å². The third-order valence-electron chi connectivity index (χ3n) is 2.31.